The Kier molecular flexibility index (Phi) is 3.64. The molecule has 0 amide bonds. The normalized spacial score (nSPS) is 27.6. The molecule has 2 heterocycles. The zero-order chi connectivity index (χ0) is 13.3. The van der Waals surface area contributed by atoms with E-state index in [4.69, 9.17) is 0 Å². The molecule has 1 atom stereocenters. The number of likely N-dealkylation sites (tertiary alicyclic amines) is 1. The lowest BCUT2D eigenvalue weighted by Crippen LogP contribution is -2.49. The van der Waals surface area contributed by atoms with Gasteiger partial charge in [0.25, 0.3) is 0 Å². The molecule has 1 unspecified atom stereocenters. The molecule has 1 N–H and O–H groups in total. The lowest BCUT2D eigenvalue weighted by Gasteiger charge is -2.49. The molecule has 1 aromatic carbocycles. The summed E-state index contributed by atoms with van der Waals surface area (Å²) in [6.45, 7) is 7.07. The van der Waals surface area contributed by atoms with Crippen molar-refractivity contribution in [1.82, 2.24) is 10.2 Å². The lowest BCUT2D eigenvalue weighted by atomic mass is 9.63. The number of benzene rings is 1. The van der Waals surface area contributed by atoms with Crippen LogP contribution in [0.3, 0.4) is 0 Å². The Morgan fingerprint density at radius 2 is 1.79 bits per heavy atom. The summed E-state index contributed by atoms with van der Waals surface area (Å²) in [5.41, 5.74) is 3.46. The summed E-state index contributed by atoms with van der Waals surface area (Å²) in [6, 6.07) is 9.25. The van der Waals surface area contributed by atoms with Crippen molar-refractivity contribution < 1.29 is 0 Å². The summed E-state index contributed by atoms with van der Waals surface area (Å²) in [4.78, 5) is 2.49. The van der Waals surface area contributed by atoms with E-state index in [1.807, 2.05) is 0 Å². The van der Waals surface area contributed by atoms with Crippen LogP contribution in [0.5, 0.6) is 0 Å². The van der Waals surface area contributed by atoms with E-state index in [-0.39, 0.29) is 0 Å². The third kappa shape index (κ3) is 2.56. The second-order valence-corrected chi connectivity index (χ2v) is 6.58. The molecule has 1 aromatic rings. The summed E-state index contributed by atoms with van der Waals surface area (Å²) < 4.78 is 0. The van der Waals surface area contributed by atoms with Crippen molar-refractivity contribution >= 4 is 0 Å². The topological polar surface area (TPSA) is 15.3 Å². The lowest BCUT2D eigenvalue weighted by molar-refractivity contribution is 0.0651. The van der Waals surface area contributed by atoms with Crippen molar-refractivity contribution in [2.24, 2.45) is 5.41 Å². The molecule has 104 valence electrons. The van der Waals surface area contributed by atoms with Gasteiger partial charge >= 0.3 is 0 Å². The zero-order valence-corrected chi connectivity index (χ0v) is 12.3. The standard InChI is InChI=1S/C17H26N2/c1-14-3-5-15(6-4-14)16-13-18-10-7-17(16)8-11-19(2)12-9-17/h3-6,16,18H,7-13H2,1-2H3. The Morgan fingerprint density at radius 1 is 1.11 bits per heavy atom. The molecular weight excluding hydrogens is 232 g/mol. The molecule has 2 fully saturated rings. The molecule has 19 heavy (non-hydrogen) atoms. The van der Waals surface area contributed by atoms with Crippen LogP contribution < -0.4 is 5.32 Å². The van der Waals surface area contributed by atoms with Crippen LogP contribution >= 0.6 is 0 Å². The summed E-state index contributed by atoms with van der Waals surface area (Å²) in [5.74, 6) is 0.704. The van der Waals surface area contributed by atoms with E-state index in [0.29, 0.717) is 11.3 Å². The molecule has 2 aliphatic rings. The van der Waals surface area contributed by atoms with E-state index in [1.54, 1.807) is 5.56 Å². The van der Waals surface area contributed by atoms with Crippen LogP contribution in [-0.2, 0) is 0 Å². The molecule has 2 nitrogen and oxygen atoms in total. The average molecular weight is 258 g/mol. The van der Waals surface area contributed by atoms with E-state index in [9.17, 15) is 0 Å². The van der Waals surface area contributed by atoms with Crippen molar-refractivity contribution in [3.63, 3.8) is 0 Å². The Hall–Kier alpha value is -0.860. The number of nitrogens with one attached hydrogen (secondary N) is 1. The van der Waals surface area contributed by atoms with E-state index < -0.39 is 0 Å². The van der Waals surface area contributed by atoms with Crippen molar-refractivity contribution in [3.8, 4) is 0 Å². The number of hydrogen-bond acceptors (Lipinski definition) is 2. The zero-order valence-electron chi connectivity index (χ0n) is 12.3. The monoisotopic (exact) mass is 258 g/mol. The molecule has 0 aliphatic carbocycles. The minimum atomic E-state index is 0.549. The van der Waals surface area contributed by atoms with Crippen LogP contribution in [0.15, 0.2) is 24.3 Å². The first-order valence-electron chi connectivity index (χ1n) is 7.65. The highest BCUT2D eigenvalue weighted by Crippen LogP contribution is 2.48. The van der Waals surface area contributed by atoms with Gasteiger partial charge in [0.05, 0.1) is 0 Å². The molecule has 0 radical (unpaired) electrons. The second kappa shape index (κ2) is 5.26. The Morgan fingerprint density at radius 3 is 2.47 bits per heavy atom. The highest BCUT2D eigenvalue weighted by molar-refractivity contribution is 5.27. The van der Waals surface area contributed by atoms with Gasteiger partial charge in [0.15, 0.2) is 0 Å². The Labute approximate surface area is 117 Å². The molecule has 2 heteroatoms. The van der Waals surface area contributed by atoms with Crippen molar-refractivity contribution in [1.29, 1.82) is 0 Å². The summed E-state index contributed by atoms with van der Waals surface area (Å²) in [7, 11) is 2.26. The number of hydrogen-bond donors (Lipinski definition) is 1. The van der Waals surface area contributed by atoms with Crippen LogP contribution in [-0.4, -0.2) is 38.1 Å². The van der Waals surface area contributed by atoms with Gasteiger partial charge in [0.1, 0.15) is 0 Å². The van der Waals surface area contributed by atoms with Gasteiger partial charge in [-0.2, -0.15) is 0 Å². The fraction of sp³-hybridized carbons (Fsp3) is 0.647. The van der Waals surface area contributed by atoms with Gasteiger partial charge in [-0.3, -0.25) is 0 Å². The van der Waals surface area contributed by atoms with Crippen LogP contribution in [0.1, 0.15) is 36.3 Å². The van der Waals surface area contributed by atoms with Crippen LogP contribution in [0.4, 0.5) is 0 Å². The van der Waals surface area contributed by atoms with Gasteiger partial charge in [-0.25, -0.2) is 0 Å². The maximum Gasteiger partial charge on any atom is 0.00255 e. The Balaban J connectivity index is 1.86. The number of nitrogens with zero attached hydrogens (tertiary/aromatic N) is 1. The summed E-state index contributed by atoms with van der Waals surface area (Å²) in [5, 5.41) is 3.62. The van der Waals surface area contributed by atoms with Gasteiger partial charge < -0.3 is 10.2 Å². The predicted molar refractivity (Wildman–Crippen MR) is 80.6 cm³/mol. The SMILES string of the molecule is Cc1ccc(C2CNCCC23CCN(C)CC3)cc1. The second-order valence-electron chi connectivity index (χ2n) is 6.58. The molecule has 0 aromatic heterocycles. The molecule has 2 aliphatic heterocycles. The van der Waals surface area contributed by atoms with E-state index in [2.05, 4.69) is 48.5 Å². The first-order chi connectivity index (χ1) is 9.20. The third-order valence-corrected chi connectivity index (χ3v) is 5.35. The molecule has 0 saturated carbocycles. The third-order valence-electron chi connectivity index (χ3n) is 5.35. The van der Waals surface area contributed by atoms with E-state index in [1.165, 1.54) is 44.5 Å². The quantitative estimate of drug-likeness (QED) is 0.833. The van der Waals surface area contributed by atoms with Gasteiger partial charge in [-0.1, -0.05) is 29.8 Å². The summed E-state index contributed by atoms with van der Waals surface area (Å²) >= 11 is 0. The van der Waals surface area contributed by atoms with Crippen molar-refractivity contribution in [2.75, 3.05) is 33.2 Å². The molecule has 1 spiro atoms. The first kappa shape index (κ1) is 13.1. The van der Waals surface area contributed by atoms with Crippen LogP contribution in [0, 0.1) is 12.3 Å². The molecular formula is C17H26N2. The highest BCUT2D eigenvalue weighted by atomic mass is 15.1. The van der Waals surface area contributed by atoms with E-state index >= 15 is 0 Å². The number of piperidine rings is 2. The smallest absolute Gasteiger partial charge is 0.00255 e. The highest BCUT2D eigenvalue weighted by Gasteiger charge is 2.42. The fourth-order valence-corrected chi connectivity index (χ4v) is 3.91. The number of aryl methyl sites for hydroxylation is 1. The van der Waals surface area contributed by atoms with Gasteiger partial charge in [0.2, 0.25) is 0 Å². The number of rotatable bonds is 1. The fourth-order valence-electron chi connectivity index (χ4n) is 3.91. The maximum absolute atomic E-state index is 3.62. The van der Waals surface area contributed by atoms with Crippen molar-refractivity contribution in [3.05, 3.63) is 35.4 Å². The molecule has 2 saturated heterocycles. The van der Waals surface area contributed by atoms with Gasteiger partial charge in [-0.05, 0) is 63.8 Å². The first-order valence-corrected chi connectivity index (χ1v) is 7.65. The van der Waals surface area contributed by atoms with Gasteiger partial charge in [-0.15, -0.1) is 0 Å². The summed E-state index contributed by atoms with van der Waals surface area (Å²) in [6.07, 6.45) is 4.08. The van der Waals surface area contributed by atoms with Crippen LogP contribution in [0.2, 0.25) is 0 Å². The Bertz CT molecular complexity index is 415. The minimum Gasteiger partial charge on any atom is -0.316 e. The van der Waals surface area contributed by atoms with Crippen LogP contribution in [0.25, 0.3) is 0 Å². The minimum absolute atomic E-state index is 0.549. The van der Waals surface area contributed by atoms with Gasteiger partial charge in [0, 0.05) is 12.5 Å². The van der Waals surface area contributed by atoms with Crippen molar-refractivity contribution in [2.45, 2.75) is 32.1 Å². The van der Waals surface area contributed by atoms with E-state index in [0.717, 1.165) is 6.54 Å². The predicted octanol–water partition coefficient (Wildman–Crippen LogP) is 2.78. The largest absolute Gasteiger partial charge is 0.316 e. The molecule has 0 bridgehead atoms. The average Bonchev–Trinajstić information content (AvgIpc) is 2.44. The maximum atomic E-state index is 3.62. The molecule has 3 rings (SSSR count).